The Kier molecular flexibility index (Phi) is 11.6. The largest absolute Gasteiger partial charge is 0.392 e. The number of aliphatic hydroxyl groups is 1. The fourth-order valence-corrected chi connectivity index (χ4v) is 6.51. The van der Waals surface area contributed by atoms with Gasteiger partial charge in [-0.15, -0.1) is 0 Å². The maximum absolute atomic E-state index is 12.6. The van der Waals surface area contributed by atoms with Crippen LogP contribution in [0.5, 0.6) is 0 Å². The molecule has 4 N–H and O–H groups in total. The van der Waals surface area contributed by atoms with E-state index >= 15 is 0 Å². The minimum Gasteiger partial charge on any atom is -0.392 e. The number of aliphatic hydroxyl groups excluding tert-OH is 1. The van der Waals surface area contributed by atoms with E-state index < -0.39 is 12.2 Å². The summed E-state index contributed by atoms with van der Waals surface area (Å²) in [6, 6.07) is 16.1. The number of ether oxygens (including phenoxy) is 2. The Hall–Kier alpha value is -2.86. The second kappa shape index (κ2) is 15.7. The molecule has 3 saturated heterocycles. The molecule has 2 amide bonds. The summed E-state index contributed by atoms with van der Waals surface area (Å²) >= 11 is 0. The van der Waals surface area contributed by atoms with E-state index in [1.54, 1.807) is 5.48 Å². The lowest BCUT2D eigenvalue weighted by molar-refractivity contribution is -0.253. The van der Waals surface area contributed by atoms with Gasteiger partial charge in [0, 0.05) is 49.6 Å². The molecule has 43 heavy (non-hydrogen) atoms. The number of benzene rings is 2. The molecule has 10 heteroatoms. The van der Waals surface area contributed by atoms with Crippen molar-refractivity contribution in [3.8, 4) is 0 Å². The highest BCUT2D eigenvalue weighted by Crippen LogP contribution is 2.39. The summed E-state index contributed by atoms with van der Waals surface area (Å²) in [7, 11) is 0. The van der Waals surface area contributed by atoms with Crippen molar-refractivity contribution < 1.29 is 29.4 Å². The smallest absolute Gasteiger partial charge is 0.243 e. The molecular formula is C33H46N4O6. The Balaban J connectivity index is 1.25. The molecular weight excluding hydrogens is 548 g/mol. The fourth-order valence-electron chi connectivity index (χ4n) is 6.51. The number of nitrogens with one attached hydrogen (secondary N) is 2. The van der Waals surface area contributed by atoms with Gasteiger partial charge in [0.05, 0.1) is 18.8 Å². The topological polar surface area (TPSA) is 124 Å². The Morgan fingerprint density at radius 1 is 0.884 bits per heavy atom. The molecule has 10 nitrogen and oxygen atoms in total. The summed E-state index contributed by atoms with van der Waals surface area (Å²) < 4.78 is 13.2. The van der Waals surface area contributed by atoms with Crippen molar-refractivity contribution in [3.63, 3.8) is 0 Å². The minimum atomic E-state index is -0.588. The van der Waals surface area contributed by atoms with Crippen molar-refractivity contribution in [1.29, 1.82) is 0 Å². The Bertz CT molecular complexity index is 1190. The summed E-state index contributed by atoms with van der Waals surface area (Å²) in [5.74, 6) is -0.585. The molecule has 0 bridgehead atoms. The van der Waals surface area contributed by atoms with E-state index in [0.29, 0.717) is 24.6 Å². The molecule has 4 unspecified atom stereocenters. The SMILES string of the molecule is O=C(CCCCC(=O)Nc1cccc(C2OC(CN3CCCC3CN3CCCC3)CC(c3ccc(CO)cc3)O2)c1)NO. The summed E-state index contributed by atoms with van der Waals surface area (Å²) in [4.78, 5) is 29.0. The molecule has 0 aromatic heterocycles. The van der Waals surface area contributed by atoms with Crippen LogP contribution in [0, 0.1) is 0 Å². The molecule has 3 aliphatic rings. The molecule has 4 atom stereocenters. The molecule has 2 aromatic rings. The molecule has 5 rings (SSSR count). The summed E-state index contributed by atoms with van der Waals surface area (Å²) in [6.45, 7) is 5.50. The van der Waals surface area contributed by atoms with Crippen LogP contribution in [0.25, 0.3) is 0 Å². The number of hydroxylamine groups is 1. The summed E-state index contributed by atoms with van der Waals surface area (Å²) in [5, 5.41) is 21.1. The van der Waals surface area contributed by atoms with Crippen molar-refractivity contribution in [2.45, 2.75) is 88.9 Å². The number of amides is 2. The zero-order valence-electron chi connectivity index (χ0n) is 25.0. The van der Waals surface area contributed by atoms with Gasteiger partial charge in [0.1, 0.15) is 0 Å². The average molecular weight is 595 g/mol. The van der Waals surface area contributed by atoms with Gasteiger partial charge in [0.2, 0.25) is 11.8 Å². The average Bonchev–Trinajstić information content (AvgIpc) is 3.71. The van der Waals surface area contributed by atoms with Crippen molar-refractivity contribution in [2.75, 3.05) is 38.0 Å². The number of hydrogen-bond donors (Lipinski definition) is 4. The van der Waals surface area contributed by atoms with Gasteiger partial charge in [-0.3, -0.25) is 19.7 Å². The van der Waals surface area contributed by atoms with Gasteiger partial charge in [0.25, 0.3) is 0 Å². The van der Waals surface area contributed by atoms with E-state index in [4.69, 9.17) is 14.7 Å². The lowest BCUT2D eigenvalue weighted by atomic mass is 9.99. The first kappa shape index (κ1) is 31.6. The van der Waals surface area contributed by atoms with Crippen LogP contribution in [0.1, 0.15) is 86.9 Å². The monoisotopic (exact) mass is 594 g/mol. The highest BCUT2D eigenvalue weighted by molar-refractivity contribution is 5.90. The molecule has 3 fully saturated rings. The van der Waals surface area contributed by atoms with E-state index in [0.717, 1.165) is 42.7 Å². The van der Waals surface area contributed by atoms with Crippen molar-refractivity contribution in [3.05, 3.63) is 65.2 Å². The fraction of sp³-hybridized carbons (Fsp3) is 0.576. The number of nitrogens with zero attached hydrogens (tertiary/aromatic N) is 2. The van der Waals surface area contributed by atoms with E-state index in [9.17, 15) is 14.7 Å². The van der Waals surface area contributed by atoms with Crippen LogP contribution >= 0.6 is 0 Å². The number of carbonyl (C=O) groups is 2. The van der Waals surface area contributed by atoms with E-state index in [1.807, 2.05) is 48.5 Å². The van der Waals surface area contributed by atoms with Gasteiger partial charge < -0.3 is 24.8 Å². The van der Waals surface area contributed by atoms with Gasteiger partial charge in [-0.2, -0.15) is 0 Å². The normalized spacial score (nSPS) is 24.7. The first-order valence-corrected chi connectivity index (χ1v) is 15.8. The molecule has 3 aliphatic heterocycles. The first-order valence-electron chi connectivity index (χ1n) is 15.8. The van der Waals surface area contributed by atoms with Crippen LogP contribution in [-0.2, 0) is 25.7 Å². The predicted octanol–water partition coefficient (Wildman–Crippen LogP) is 4.29. The summed E-state index contributed by atoms with van der Waals surface area (Å²) in [6.07, 6.45) is 6.54. The van der Waals surface area contributed by atoms with Crippen molar-refractivity contribution >= 4 is 17.5 Å². The lowest BCUT2D eigenvalue weighted by Crippen LogP contribution is -2.45. The van der Waals surface area contributed by atoms with Gasteiger partial charge in [-0.25, -0.2) is 5.48 Å². The van der Waals surface area contributed by atoms with E-state index in [1.165, 1.54) is 38.8 Å². The highest BCUT2D eigenvalue weighted by atomic mass is 16.7. The quantitative estimate of drug-likeness (QED) is 0.154. The number of unbranched alkanes of at least 4 members (excludes halogenated alkanes) is 1. The van der Waals surface area contributed by atoms with E-state index in [2.05, 4.69) is 15.1 Å². The Morgan fingerprint density at radius 3 is 2.40 bits per heavy atom. The summed E-state index contributed by atoms with van der Waals surface area (Å²) in [5.41, 5.74) is 5.04. The number of rotatable bonds is 13. The van der Waals surface area contributed by atoms with Crippen molar-refractivity contribution in [1.82, 2.24) is 15.3 Å². The van der Waals surface area contributed by atoms with Crippen LogP contribution in [0.15, 0.2) is 48.5 Å². The molecule has 0 aliphatic carbocycles. The molecule has 3 heterocycles. The van der Waals surface area contributed by atoms with Gasteiger partial charge >= 0.3 is 0 Å². The Morgan fingerprint density at radius 2 is 1.65 bits per heavy atom. The van der Waals surface area contributed by atoms with Crippen molar-refractivity contribution in [2.24, 2.45) is 0 Å². The molecule has 234 valence electrons. The zero-order chi connectivity index (χ0) is 30.0. The second-order valence-corrected chi connectivity index (χ2v) is 12.1. The van der Waals surface area contributed by atoms with Gasteiger partial charge in [-0.1, -0.05) is 36.4 Å². The Labute approximate surface area is 254 Å². The zero-order valence-corrected chi connectivity index (χ0v) is 25.0. The third kappa shape index (κ3) is 9.07. The van der Waals surface area contributed by atoms with Crippen LogP contribution in [0.3, 0.4) is 0 Å². The molecule has 0 spiro atoms. The number of anilines is 1. The van der Waals surface area contributed by atoms with E-state index in [-0.39, 0.29) is 37.6 Å². The maximum Gasteiger partial charge on any atom is 0.243 e. The predicted molar refractivity (Wildman–Crippen MR) is 162 cm³/mol. The number of carbonyl (C=O) groups excluding carboxylic acids is 2. The van der Waals surface area contributed by atoms with Crippen LogP contribution < -0.4 is 10.8 Å². The first-order chi connectivity index (χ1) is 21.0. The second-order valence-electron chi connectivity index (χ2n) is 12.1. The number of hydrogen-bond acceptors (Lipinski definition) is 8. The third-order valence-corrected chi connectivity index (χ3v) is 8.84. The molecule has 0 saturated carbocycles. The van der Waals surface area contributed by atoms with Crippen LogP contribution in [-0.4, -0.2) is 76.8 Å². The van der Waals surface area contributed by atoms with Gasteiger partial charge in [0.15, 0.2) is 6.29 Å². The standard InChI is InChI=1S/C33H46N4O6/c38-23-24-12-14-25(15-13-24)30-20-29(22-37-18-6-9-28(37)21-36-16-3-4-17-36)42-33(43-30)26-7-5-8-27(19-26)34-31(39)10-1-2-11-32(40)35-41/h5,7-8,12-15,19,28-30,33,38,41H,1-4,6,9-11,16-18,20-23H2,(H,34,39)(H,35,40). The molecule has 0 radical (unpaired) electrons. The van der Waals surface area contributed by atoms with Crippen LogP contribution in [0.2, 0.25) is 0 Å². The van der Waals surface area contributed by atoms with Gasteiger partial charge in [-0.05, 0) is 81.4 Å². The number of likely N-dealkylation sites (tertiary alicyclic amines) is 2. The molecule has 2 aromatic carbocycles. The lowest BCUT2D eigenvalue weighted by Gasteiger charge is -2.39. The minimum absolute atomic E-state index is 0.00400. The maximum atomic E-state index is 12.6. The highest BCUT2D eigenvalue weighted by Gasteiger charge is 2.36. The third-order valence-electron chi connectivity index (χ3n) is 8.84. The van der Waals surface area contributed by atoms with Crippen LogP contribution in [0.4, 0.5) is 5.69 Å².